The summed E-state index contributed by atoms with van der Waals surface area (Å²) in [5.41, 5.74) is 0.538. The maximum atomic E-state index is 13.2. The topological polar surface area (TPSA) is 105 Å². The first kappa shape index (κ1) is 26.3. The van der Waals surface area contributed by atoms with Gasteiger partial charge in [0.2, 0.25) is 11.8 Å². The van der Waals surface area contributed by atoms with Gasteiger partial charge in [-0.15, -0.1) is 0 Å². The lowest BCUT2D eigenvalue weighted by atomic mass is 9.59. The van der Waals surface area contributed by atoms with E-state index in [1.54, 1.807) is 6.92 Å². The van der Waals surface area contributed by atoms with Gasteiger partial charge in [-0.25, -0.2) is 4.79 Å². The van der Waals surface area contributed by atoms with E-state index in [1.165, 1.54) is 39.0 Å². The number of nitrogens with one attached hydrogen (secondary N) is 2. The Morgan fingerprint density at radius 1 is 1.17 bits per heavy atom. The van der Waals surface area contributed by atoms with E-state index in [0.29, 0.717) is 17.9 Å². The van der Waals surface area contributed by atoms with Crippen LogP contribution in [0.15, 0.2) is 0 Å². The number of hydrogen-bond acceptors (Lipinski definition) is 4. The second kappa shape index (κ2) is 11.6. The van der Waals surface area contributed by atoms with Crippen LogP contribution in [-0.4, -0.2) is 54.1 Å². The highest BCUT2D eigenvalue weighted by atomic mass is 19.3. The highest BCUT2D eigenvalue weighted by Crippen LogP contribution is 2.52. The molecule has 0 bridgehead atoms. The van der Waals surface area contributed by atoms with Crippen molar-refractivity contribution in [2.75, 3.05) is 13.2 Å². The molecule has 2 atom stereocenters. The van der Waals surface area contributed by atoms with Crippen molar-refractivity contribution < 1.29 is 33.0 Å². The van der Waals surface area contributed by atoms with Crippen LogP contribution in [0.2, 0.25) is 0 Å². The van der Waals surface area contributed by atoms with Gasteiger partial charge in [0.25, 0.3) is 0 Å². The predicted molar refractivity (Wildman–Crippen MR) is 108 cm³/mol. The first-order valence-electron chi connectivity index (χ1n) is 10.8. The minimum atomic E-state index is -4.08. The minimum absolute atomic E-state index is 0.381. The highest BCUT2D eigenvalue weighted by Gasteiger charge is 2.41. The number of carboxylic acid groups (broad SMARTS) is 1. The summed E-state index contributed by atoms with van der Waals surface area (Å²) in [6, 6.07) is -1.18. The summed E-state index contributed by atoms with van der Waals surface area (Å²) >= 11 is 0. The lowest BCUT2D eigenvalue weighted by Crippen LogP contribution is -2.55. The molecule has 0 aliphatic heterocycles. The molecule has 2 rings (SSSR count). The fourth-order valence-corrected chi connectivity index (χ4v) is 4.02. The van der Waals surface area contributed by atoms with Gasteiger partial charge in [0.1, 0.15) is 6.04 Å². The van der Waals surface area contributed by atoms with Gasteiger partial charge in [-0.2, -0.15) is 8.78 Å². The van der Waals surface area contributed by atoms with Crippen molar-refractivity contribution in [3.05, 3.63) is 0 Å². The molecule has 3 N–H and O–H groups in total. The standard InChI is InChI=1S/C19H30F2N2O5.C2H6/c1-12(28-10-14-4-8-18(9-5-14)6-3-7-18)15(23-13(2)24)16(25)22-11-19(20,21)17(26)27;1-2/h12,14-15H,3-11H2,1-2H3,(H,22,25)(H,23,24)(H,26,27);1-2H3. The quantitative estimate of drug-likeness (QED) is 0.517. The van der Waals surface area contributed by atoms with Gasteiger partial charge in [0.05, 0.1) is 12.6 Å². The molecule has 0 aromatic heterocycles. The molecule has 9 heteroatoms. The molecule has 2 amide bonds. The number of ether oxygens (including phenoxy) is 1. The number of alkyl halides is 2. The molecule has 2 unspecified atom stereocenters. The number of hydrogen-bond donors (Lipinski definition) is 3. The van der Waals surface area contributed by atoms with Crippen molar-refractivity contribution in [2.45, 2.75) is 90.7 Å². The van der Waals surface area contributed by atoms with Crippen molar-refractivity contribution in [3.63, 3.8) is 0 Å². The zero-order valence-electron chi connectivity index (χ0n) is 18.4. The highest BCUT2D eigenvalue weighted by molar-refractivity contribution is 5.88. The van der Waals surface area contributed by atoms with Gasteiger partial charge in [-0.05, 0) is 56.8 Å². The van der Waals surface area contributed by atoms with E-state index in [0.717, 1.165) is 12.8 Å². The molecule has 174 valence electrons. The van der Waals surface area contributed by atoms with Crippen molar-refractivity contribution >= 4 is 17.8 Å². The van der Waals surface area contributed by atoms with E-state index < -0.39 is 42.4 Å². The Labute approximate surface area is 177 Å². The number of halogens is 2. The van der Waals surface area contributed by atoms with Crippen molar-refractivity contribution in [1.82, 2.24) is 10.6 Å². The molecule has 0 saturated heterocycles. The molecular weight excluding hydrogens is 398 g/mol. The van der Waals surface area contributed by atoms with Crippen LogP contribution in [0.4, 0.5) is 8.78 Å². The average Bonchev–Trinajstić information content (AvgIpc) is 2.69. The predicted octanol–water partition coefficient (Wildman–Crippen LogP) is 3.12. The van der Waals surface area contributed by atoms with Gasteiger partial charge in [-0.3, -0.25) is 9.59 Å². The molecule has 2 fully saturated rings. The fourth-order valence-electron chi connectivity index (χ4n) is 4.02. The monoisotopic (exact) mass is 434 g/mol. The van der Waals surface area contributed by atoms with E-state index in [4.69, 9.17) is 9.84 Å². The summed E-state index contributed by atoms with van der Waals surface area (Å²) in [5.74, 6) is -7.44. The molecule has 2 saturated carbocycles. The first-order valence-corrected chi connectivity index (χ1v) is 10.8. The van der Waals surface area contributed by atoms with Crippen molar-refractivity contribution in [3.8, 4) is 0 Å². The molecule has 0 aromatic rings. The lowest BCUT2D eigenvalue weighted by Gasteiger charge is -2.47. The third kappa shape index (κ3) is 7.49. The van der Waals surface area contributed by atoms with E-state index in [2.05, 4.69) is 5.32 Å². The molecule has 2 aliphatic rings. The fraction of sp³-hybridized carbons (Fsp3) is 0.857. The summed E-state index contributed by atoms with van der Waals surface area (Å²) in [4.78, 5) is 34.1. The normalized spacial score (nSPS) is 20.2. The van der Waals surface area contributed by atoms with Gasteiger partial charge in [0.15, 0.2) is 0 Å². The van der Waals surface area contributed by atoms with Crippen LogP contribution in [0.3, 0.4) is 0 Å². The van der Waals surface area contributed by atoms with Crippen LogP contribution in [-0.2, 0) is 19.1 Å². The zero-order valence-corrected chi connectivity index (χ0v) is 18.4. The van der Waals surface area contributed by atoms with Gasteiger partial charge < -0.3 is 20.5 Å². The number of amides is 2. The number of carbonyl (C=O) groups excluding carboxylic acids is 2. The summed E-state index contributed by atoms with van der Waals surface area (Å²) < 4.78 is 32.2. The summed E-state index contributed by atoms with van der Waals surface area (Å²) in [6.45, 7) is 5.88. The third-order valence-electron chi connectivity index (χ3n) is 6.08. The van der Waals surface area contributed by atoms with E-state index in [-0.39, 0.29) is 0 Å². The van der Waals surface area contributed by atoms with Crippen molar-refractivity contribution in [1.29, 1.82) is 0 Å². The van der Waals surface area contributed by atoms with Crippen molar-refractivity contribution in [2.24, 2.45) is 11.3 Å². The van der Waals surface area contributed by atoms with Crippen LogP contribution in [0, 0.1) is 11.3 Å². The number of rotatable bonds is 9. The molecular formula is C21H36F2N2O5. The molecule has 1 spiro atoms. The second-order valence-electron chi connectivity index (χ2n) is 8.24. The van der Waals surface area contributed by atoms with Crippen LogP contribution in [0.1, 0.15) is 72.6 Å². The Bertz CT molecular complexity index is 586. The summed E-state index contributed by atoms with van der Waals surface area (Å²) in [6.07, 6.45) is 7.70. The third-order valence-corrected chi connectivity index (χ3v) is 6.08. The Morgan fingerprint density at radius 3 is 2.17 bits per heavy atom. The van der Waals surface area contributed by atoms with Gasteiger partial charge in [0, 0.05) is 13.5 Å². The molecule has 30 heavy (non-hydrogen) atoms. The Morgan fingerprint density at radius 2 is 1.73 bits per heavy atom. The van der Waals surface area contributed by atoms with Crippen LogP contribution >= 0.6 is 0 Å². The number of carbonyl (C=O) groups is 3. The maximum Gasteiger partial charge on any atom is 0.376 e. The SMILES string of the molecule is CC.CC(=O)NC(C(=O)NCC(F)(F)C(=O)O)C(C)OCC1CCC2(CCC2)CC1. The van der Waals surface area contributed by atoms with Gasteiger partial charge >= 0.3 is 11.9 Å². The smallest absolute Gasteiger partial charge is 0.376 e. The molecule has 2 aliphatic carbocycles. The van der Waals surface area contributed by atoms with E-state index in [1.807, 2.05) is 19.2 Å². The Kier molecular flexibility index (Phi) is 10.1. The number of carboxylic acids is 1. The zero-order chi connectivity index (χ0) is 22.9. The lowest BCUT2D eigenvalue weighted by molar-refractivity contribution is -0.164. The molecule has 0 aromatic carbocycles. The molecule has 7 nitrogen and oxygen atoms in total. The number of aliphatic carboxylic acids is 1. The first-order chi connectivity index (χ1) is 14.0. The average molecular weight is 435 g/mol. The Hall–Kier alpha value is -1.77. The van der Waals surface area contributed by atoms with Crippen LogP contribution in [0.5, 0.6) is 0 Å². The summed E-state index contributed by atoms with van der Waals surface area (Å²) in [7, 11) is 0. The molecule has 0 radical (unpaired) electrons. The molecule has 0 heterocycles. The van der Waals surface area contributed by atoms with Crippen LogP contribution < -0.4 is 10.6 Å². The summed E-state index contributed by atoms with van der Waals surface area (Å²) in [5, 5.41) is 12.7. The van der Waals surface area contributed by atoms with E-state index in [9.17, 15) is 23.2 Å². The van der Waals surface area contributed by atoms with E-state index >= 15 is 0 Å². The minimum Gasteiger partial charge on any atom is -0.477 e. The van der Waals surface area contributed by atoms with Crippen LogP contribution in [0.25, 0.3) is 0 Å². The van der Waals surface area contributed by atoms with Gasteiger partial charge in [-0.1, -0.05) is 20.3 Å². The Balaban J connectivity index is 0.00000218. The second-order valence-corrected chi connectivity index (χ2v) is 8.24. The maximum absolute atomic E-state index is 13.2. The largest absolute Gasteiger partial charge is 0.477 e.